The minimum absolute atomic E-state index is 0.0908. The number of carbonyl (C=O) groups excluding carboxylic acids is 4. The molecule has 1 atom stereocenters. The first kappa shape index (κ1) is 42.7. The molecule has 8 rings (SSSR count). The molecule has 0 bridgehead atoms. The van der Waals surface area contributed by atoms with Crippen LogP contribution in [0, 0.1) is 23.4 Å². The number of rotatable bonds is 13. The standard InChI is InChI=1S/C44H45F3N12O4/c45-35-23-38(49-24-34(35)32-9-10-39(60)54-42(32)62)58-21-19-57(20-22-58)16-12-27-13-17-59(18-14-27)56-41(61)28-1-3-31(4-2-28)53-44-50-26-37(47)40(55-44)51-29-5-7-30(8-6-29)52-43(63)33-11-15-48-25-36(33)46/h1-8,11,15,23-27,32H,9-10,12-14,16-22H2,(H,52,63)(H,56,61)(H,54,60,62)(H2,50,51,53,55). The van der Waals surface area contributed by atoms with Gasteiger partial charge >= 0.3 is 0 Å². The molecule has 19 heteroatoms. The van der Waals surface area contributed by atoms with Crippen molar-refractivity contribution in [1.29, 1.82) is 0 Å². The minimum atomic E-state index is -0.741. The van der Waals surface area contributed by atoms with Gasteiger partial charge in [0.1, 0.15) is 11.6 Å². The number of anilines is 6. The summed E-state index contributed by atoms with van der Waals surface area (Å²) < 4.78 is 43.7. The predicted molar refractivity (Wildman–Crippen MR) is 228 cm³/mol. The summed E-state index contributed by atoms with van der Waals surface area (Å²) >= 11 is 0. The predicted octanol–water partition coefficient (Wildman–Crippen LogP) is 5.51. The molecule has 16 nitrogen and oxygen atoms in total. The normalized spacial score (nSPS) is 17.5. The van der Waals surface area contributed by atoms with Crippen molar-refractivity contribution in [1.82, 2.24) is 40.6 Å². The summed E-state index contributed by atoms with van der Waals surface area (Å²) in [5.74, 6) is -3.19. The van der Waals surface area contributed by atoms with Crippen LogP contribution in [0.25, 0.3) is 0 Å². The van der Waals surface area contributed by atoms with Gasteiger partial charge in [-0.3, -0.25) is 39.8 Å². The second-order valence-electron chi connectivity index (χ2n) is 15.7. The fraction of sp³-hybridized carbons (Fsp3) is 0.318. The number of hydrogen-bond donors (Lipinski definition) is 5. The minimum Gasteiger partial charge on any atom is -0.354 e. The van der Waals surface area contributed by atoms with Crippen molar-refractivity contribution in [3.63, 3.8) is 0 Å². The third kappa shape index (κ3) is 10.7. The molecule has 6 heterocycles. The highest BCUT2D eigenvalue weighted by Crippen LogP contribution is 2.29. The van der Waals surface area contributed by atoms with Crippen LogP contribution in [0.1, 0.15) is 64.3 Å². The van der Waals surface area contributed by atoms with Gasteiger partial charge in [0.15, 0.2) is 17.5 Å². The van der Waals surface area contributed by atoms with Gasteiger partial charge in [0.2, 0.25) is 17.8 Å². The van der Waals surface area contributed by atoms with Crippen molar-refractivity contribution in [2.75, 3.05) is 66.7 Å². The van der Waals surface area contributed by atoms with E-state index >= 15 is 4.39 Å². The number of hydrazine groups is 1. The highest BCUT2D eigenvalue weighted by molar-refractivity contribution is 6.04. The summed E-state index contributed by atoms with van der Waals surface area (Å²) in [6.07, 6.45) is 8.15. The van der Waals surface area contributed by atoms with E-state index in [-0.39, 0.29) is 47.5 Å². The van der Waals surface area contributed by atoms with Gasteiger partial charge in [-0.1, -0.05) is 0 Å². The topological polar surface area (TPSA) is 190 Å². The van der Waals surface area contributed by atoms with Crippen LogP contribution in [-0.2, 0) is 9.59 Å². The van der Waals surface area contributed by atoms with Crippen LogP contribution in [0.3, 0.4) is 0 Å². The first-order valence-electron chi connectivity index (χ1n) is 20.7. The van der Waals surface area contributed by atoms with Crippen LogP contribution in [0.4, 0.5) is 47.8 Å². The number of imide groups is 1. The summed E-state index contributed by atoms with van der Waals surface area (Å²) in [7, 11) is 0. The molecule has 0 saturated carbocycles. The zero-order chi connectivity index (χ0) is 43.9. The van der Waals surface area contributed by atoms with E-state index in [0.717, 1.165) is 64.4 Å². The number of nitrogens with zero attached hydrogens (tertiary/aromatic N) is 7. The molecule has 0 spiro atoms. The van der Waals surface area contributed by atoms with Crippen LogP contribution in [0.5, 0.6) is 0 Å². The Kier molecular flexibility index (Phi) is 13.1. The van der Waals surface area contributed by atoms with E-state index in [9.17, 15) is 28.0 Å². The molecule has 5 aromatic rings. The largest absolute Gasteiger partial charge is 0.354 e. The van der Waals surface area contributed by atoms with Gasteiger partial charge in [0.05, 0.1) is 23.9 Å². The smallest absolute Gasteiger partial charge is 0.265 e. The monoisotopic (exact) mass is 862 g/mol. The Labute approximate surface area is 360 Å². The van der Waals surface area contributed by atoms with Crippen molar-refractivity contribution < 1.29 is 32.3 Å². The third-order valence-electron chi connectivity index (χ3n) is 11.5. The fourth-order valence-corrected chi connectivity index (χ4v) is 7.84. The number of piperidine rings is 2. The second kappa shape index (κ2) is 19.4. The Balaban J connectivity index is 0.742. The Morgan fingerprint density at radius 1 is 0.746 bits per heavy atom. The van der Waals surface area contributed by atoms with Gasteiger partial charge in [0, 0.05) is 92.3 Å². The zero-order valence-electron chi connectivity index (χ0n) is 34.1. The van der Waals surface area contributed by atoms with E-state index in [1.807, 2.05) is 5.01 Å². The summed E-state index contributed by atoms with van der Waals surface area (Å²) in [6, 6.07) is 15.8. The lowest BCUT2D eigenvalue weighted by Gasteiger charge is -2.37. The van der Waals surface area contributed by atoms with Crippen LogP contribution in [-0.4, -0.2) is 99.3 Å². The molecular weight excluding hydrogens is 818 g/mol. The lowest BCUT2D eigenvalue weighted by atomic mass is 9.91. The Morgan fingerprint density at radius 2 is 1.46 bits per heavy atom. The summed E-state index contributed by atoms with van der Waals surface area (Å²) in [5.41, 5.74) is 5.03. The molecule has 3 aliphatic rings. The van der Waals surface area contributed by atoms with Crippen LogP contribution >= 0.6 is 0 Å². The molecule has 326 valence electrons. The lowest BCUT2D eigenvalue weighted by molar-refractivity contribution is -0.134. The van der Waals surface area contributed by atoms with E-state index in [2.05, 4.69) is 56.4 Å². The number of nitrogens with one attached hydrogen (secondary N) is 5. The molecule has 1 unspecified atom stereocenters. The second-order valence-corrected chi connectivity index (χ2v) is 15.7. The zero-order valence-corrected chi connectivity index (χ0v) is 34.1. The third-order valence-corrected chi connectivity index (χ3v) is 11.5. The average molecular weight is 863 g/mol. The molecule has 2 aromatic carbocycles. The van der Waals surface area contributed by atoms with Crippen molar-refractivity contribution in [3.8, 4) is 0 Å². The molecule has 3 fully saturated rings. The van der Waals surface area contributed by atoms with Gasteiger partial charge < -0.3 is 20.9 Å². The molecule has 5 N–H and O–H groups in total. The van der Waals surface area contributed by atoms with E-state index in [0.29, 0.717) is 47.5 Å². The van der Waals surface area contributed by atoms with E-state index < -0.39 is 35.2 Å². The number of piperazine rings is 1. The number of pyridine rings is 2. The van der Waals surface area contributed by atoms with Crippen molar-refractivity contribution >= 4 is 58.3 Å². The highest BCUT2D eigenvalue weighted by Gasteiger charge is 2.31. The molecule has 3 saturated heterocycles. The van der Waals surface area contributed by atoms with Gasteiger partial charge in [-0.2, -0.15) is 4.98 Å². The molecule has 4 amide bonds. The number of hydrogen-bond acceptors (Lipinski definition) is 13. The van der Waals surface area contributed by atoms with Crippen LogP contribution in [0.2, 0.25) is 0 Å². The molecule has 3 aromatic heterocycles. The SMILES string of the molecule is O=C1CCC(c2cnc(N3CCN(CCC4CCN(NC(=O)c5ccc(Nc6ncc(F)c(Nc7ccc(NC(=O)c8ccncc8F)cc7)n6)cc5)CC4)CC3)cc2F)C(=O)N1. The van der Waals surface area contributed by atoms with E-state index in [1.54, 1.807) is 48.5 Å². The van der Waals surface area contributed by atoms with Crippen LogP contribution < -0.4 is 31.6 Å². The van der Waals surface area contributed by atoms with Crippen molar-refractivity contribution in [2.24, 2.45) is 5.92 Å². The van der Waals surface area contributed by atoms with Crippen molar-refractivity contribution in [2.45, 2.75) is 38.0 Å². The summed E-state index contributed by atoms with van der Waals surface area (Å²) in [4.78, 5) is 70.1. The van der Waals surface area contributed by atoms with Gasteiger partial charge in [-0.15, -0.1) is 0 Å². The quantitative estimate of drug-likeness (QED) is 0.0933. The summed E-state index contributed by atoms with van der Waals surface area (Å²) in [5, 5.41) is 12.8. The molecule has 63 heavy (non-hydrogen) atoms. The van der Waals surface area contributed by atoms with E-state index in [4.69, 9.17) is 0 Å². The number of halogens is 3. The van der Waals surface area contributed by atoms with Crippen LogP contribution in [0.15, 0.2) is 85.5 Å². The summed E-state index contributed by atoms with van der Waals surface area (Å²) in [6.45, 7) is 5.52. The fourth-order valence-electron chi connectivity index (χ4n) is 7.84. The molecular formula is C44H45F3N12O4. The first-order chi connectivity index (χ1) is 30.5. The molecule has 0 radical (unpaired) electrons. The number of amides is 4. The Morgan fingerprint density at radius 3 is 2.17 bits per heavy atom. The maximum absolute atomic E-state index is 15.1. The molecule has 0 aliphatic carbocycles. The highest BCUT2D eigenvalue weighted by atomic mass is 19.1. The number of carbonyl (C=O) groups is 4. The molecule has 3 aliphatic heterocycles. The maximum atomic E-state index is 15.1. The van der Waals surface area contributed by atoms with Gasteiger partial charge in [0.25, 0.3) is 11.8 Å². The van der Waals surface area contributed by atoms with E-state index in [1.165, 1.54) is 24.5 Å². The Hall–Kier alpha value is -6.99. The Bertz CT molecular complexity index is 2460. The lowest BCUT2D eigenvalue weighted by Crippen LogP contribution is -2.48. The first-order valence-corrected chi connectivity index (χ1v) is 20.7. The number of aromatic nitrogens is 4. The number of benzene rings is 2. The van der Waals surface area contributed by atoms with Gasteiger partial charge in [-0.05, 0) is 92.7 Å². The van der Waals surface area contributed by atoms with Gasteiger partial charge in [-0.25, -0.2) is 28.1 Å². The average Bonchev–Trinajstić information content (AvgIpc) is 3.29. The maximum Gasteiger partial charge on any atom is 0.265 e. The van der Waals surface area contributed by atoms with Crippen molar-refractivity contribution in [3.05, 3.63) is 120 Å².